The van der Waals surface area contributed by atoms with Crippen molar-refractivity contribution in [2.75, 3.05) is 5.73 Å². The molecule has 0 saturated heterocycles. The maximum Gasteiger partial charge on any atom is 0.232 e. The Morgan fingerprint density at radius 3 is 2.59 bits per heavy atom. The Labute approximate surface area is 156 Å². The Kier molecular flexibility index (Phi) is 5.00. The molecule has 9 N–H and O–H groups in total. The minimum atomic E-state index is -0.155. The third-order valence-corrected chi connectivity index (χ3v) is 5.21. The van der Waals surface area contributed by atoms with Crippen LogP contribution in [-0.2, 0) is 0 Å². The number of hydrogen-bond donors (Lipinski definition) is 4. The molecule has 142 valence electrons. The van der Waals surface area contributed by atoms with Gasteiger partial charge in [-0.15, -0.1) is 0 Å². The number of amidine groups is 1. The number of rotatable bonds is 2. The van der Waals surface area contributed by atoms with Crippen molar-refractivity contribution in [1.82, 2.24) is 11.1 Å². The molecule has 0 unspecified atom stereocenters. The van der Waals surface area contributed by atoms with Gasteiger partial charge < -0.3 is 27.9 Å². The van der Waals surface area contributed by atoms with Crippen molar-refractivity contribution in [2.24, 2.45) is 16.7 Å². The molecular weight excluding hydrogens is 344 g/mol. The van der Waals surface area contributed by atoms with E-state index < -0.39 is 0 Å². The van der Waals surface area contributed by atoms with Crippen molar-refractivity contribution in [2.45, 2.75) is 38.0 Å². The number of fused-ring (bicyclic) bond motifs is 2. The van der Waals surface area contributed by atoms with E-state index in [1.807, 2.05) is 18.2 Å². The number of aromatic nitrogens is 1. The summed E-state index contributed by atoms with van der Waals surface area (Å²) in [4.78, 5) is 17.2. The van der Waals surface area contributed by atoms with Crippen molar-refractivity contribution in [3.8, 4) is 0 Å². The summed E-state index contributed by atoms with van der Waals surface area (Å²) in [7, 11) is 0. The second kappa shape index (κ2) is 7.24. The lowest BCUT2D eigenvalue weighted by molar-refractivity contribution is 0.444. The number of anilines is 1. The maximum atomic E-state index is 13.0. The van der Waals surface area contributed by atoms with Crippen molar-refractivity contribution in [3.63, 3.8) is 0 Å². The zero-order valence-electron chi connectivity index (χ0n) is 15.1. The van der Waals surface area contributed by atoms with E-state index in [1.54, 1.807) is 6.07 Å². The van der Waals surface area contributed by atoms with Crippen LogP contribution in [-0.4, -0.2) is 10.8 Å². The SMILES string of the molecule is N.NN=C(N)c1cc2c(=O)c3cc(C4CCCCC4)ccc3oc2nc1N. The third kappa shape index (κ3) is 3.19. The highest BCUT2D eigenvalue weighted by atomic mass is 16.3. The van der Waals surface area contributed by atoms with Gasteiger partial charge in [-0.1, -0.05) is 25.3 Å². The van der Waals surface area contributed by atoms with Crippen molar-refractivity contribution >= 4 is 33.7 Å². The summed E-state index contributed by atoms with van der Waals surface area (Å²) in [6.45, 7) is 0. The van der Waals surface area contributed by atoms with Crippen LogP contribution in [0.25, 0.3) is 22.1 Å². The van der Waals surface area contributed by atoms with Gasteiger partial charge in [-0.05, 0) is 42.5 Å². The lowest BCUT2D eigenvalue weighted by atomic mass is 9.84. The Bertz CT molecular complexity index is 1080. The van der Waals surface area contributed by atoms with Gasteiger partial charge in [0, 0.05) is 0 Å². The summed E-state index contributed by atoms with van der Waals surface area (Å²) in [6, 6.07) is 7.39. The van der Waals surface area contributed by atoms with E-state index in [2.05, 4.69) is 10.1 Å². The fourth-order valence-corrected chi connectivity index (χ4v) is 3.78. The topological polar surface area (TPSA) is 169 Å². The van der Waals surface area contributed by atoms with Crippen LogP contribution < -0.4 is 28.9 Å². The highest BCUT2D eigenvalue weighted by Gasteiger charge is 2.18. The smallest absolute Gasteiger partial charge is 0.232 e. The molecule has 1 aliphatic rings. The first-order valence-electron chi connectivity index (χ1n) is 8.79. The van der Waals surface area contributed by atoms with E-state index in [4.69, 9.17) is 21.7 Å². The van der Waals surface area contributed by atoms with Gasteiger partial charge in [-0.25, -0.2) is 0 Å². The van der Waals surface area contributed by atoms with E-state index in [-0.39, 0.29) is 28.9 Å². The molecule has 8 nitrogen and oxygen atoms in total. The highest BCUT2D eigenvalue weighted by Crippen LogP contribution is 2.34. The van der Waals surface area contributed by atoms with Crippen LogP contribution in [0.4, 0.5) is 5.82 Å². The zero-order valence-corrected chi connectivity index (χ0v) is 15.1. The van der Waals surface area contributed by atoms with Gasteiger partial charge in [0.25, 0.3) is 0 Å². The summed E-state index contributed by atoms with van der Waals surface area (Å²) >= 11 is 0. The van der Waals surface area contributed by atoms with Crippen LogP contribution in [0.5, 0.6) is 0 Å². The zero-order chi connectivity index (χ0) is 18.3. The summed E-state index contributed by atoms with van der Waals surface area (Å²) in [6.07, 6.45) is 6.09. The molecule has 4 rings (SSSR count). The van der Waals surface area contributed by atoms with E-state index in [9.17, 15) is 4.79 Å². The Balaban J connectivity index is 0.00000210. The van der Waals surface area contributed by atoms with Crippen molar-refractivity contribution < 1.29 is 4.42 Å². The quantitative estimate of drug-likeness (QED) is 0.177. The molecule has 1 aliphatic carbocycles. The first kappa shape index (κ1) is 18.7. The first-order chi connectivity index (χ1) is 12.6. The van der Waals surface area contributed by atoms with Crippen molar-refractivity contribution in [3.05, 3.63) is 45.6 Å². The van der Waals surface area contributed by atoms with Crippen LogP contribution in [0.1, 0.15) is 49.1 Å². The second-order valence-corrected chi connectivity index (χ2v) is 6.81. The van der Waals surface area contributed by atoms with Crippen molar-refractivity contribution in [1.29, 1.82) is 0 Å². The van der Waals surface area contributed by atoms with Gasteiger partial charge in [-0.2, -0.15) is 10.1 Å². The van der Waals surface area contributed by atoms with E-state index >= 15 is 0 Å². The van der Waals surface area contributed by atoms with Gasteiger partial charge in [0.15, 0.2) is 5.84 Å². The third-order valence-electron chi connectivity index (χ3n) is 5.21. The largest absolute Gasteiger partial charge is 0.437 e. The number of hydrogen-bond acceptors (Lipinski definition) is 7. The molecule has 8 heteroatoms. The van der Waals surface area contributed by atoms with Gasteiger partial charge in [0.05, 0.1) is 16.3 Å². The summed E-state index contributed by atoms with van der Waals surface area (Å²) in [5.74, 6) is 5.87. The molecule has 0 atom stereocenters. The predicted octanol–water partition coefficient (Wildman–Crippen LogP) is 2.71. The molecule has 1 aromatic carbocycles. The fourth-order valence-electron chi connectivity index (χ4n) is 3.78. The van der Waals surface area contributed by atoms with E-state index in [0.717, 1.165) is 12.8 Å². The Hall–Kier alpha value is -3.13. The van der Waals surface area contributed by atoms with Crippen LogP contribution in [0.2, 0.25) is 0 Å². The van der Waals surface area contributed by atoms with Crippen LogP contribution in [0, 0.1) is 0 Å². The minimum absolute atomic E-state index is 0. The fraction of sp³-hybridized carbons (Fsp3) is 0.316. The van der Waals surface area contributed by atoms with Crippen LogP contribution >= 0.6 is 0 Å². The molecule has 0 bridgehead atoms. The second-order valence-electron chi connectivity index (χ2n) is 6.81. The summed E-state index contributed by atoms with van der Waals surface area (Å²) < 4.78 is 5.82. The highest BCUT2D eigenvalue weighted by molar-refractivity contribution is 6.04. The molecule has 1 fully saturated rings. The molecular formula is C19H24N6O2. The summed E-state index contributed by atoms with van der Waals surface area (Å²) in [5.41, 5.74) is 13.7. The number of nitrogens with zero attached hydrogens (tertiary/aromatic N) is 2. The molecule has 2 aromatic heterocycles. The normalized spacial score (nSPS) is 15.8. The monoisotopic (exact) mass is 368 g/mol. The molecule has 0 amide bonds. The average molecular weight is 368 g/mol. The number of benzene rings is 1. The molecule has 2 heterocycles. The molecule has 27 heavy (non-hydrogen) atoms. The van der Waals surface area contributed by atoms with Crippen LogP contribution in [0.3, 0.4) is 0 Å². The molecule has 0 aliphatic heterocycles. The molecule has 1 saturated carbocycles. The molecule has 0 radical (unpaired) electrons. The number of nitrogens with two attached hydrogens (primary N) is 3. The minimum Gasteiger partial charge on any atom is -0.437 e. The predicted molar refractivity (Wildman–Crippen MR) is 108 cm³/mol. The van der Waals surface area contributed by atoms with Gasteiger partial charge in [0.2, 0.25) is 11.1 Å². The average Bonchev–Trinajstić information content (AvgIpc) is 2.67. The first-order valence-corrected chi connectivity index (χ1v) is 8.79. The lowest BCUT2D eigenvalue weighted by Gasteiger charge is -2.22. The maximum absolute atomic E-state index is 13.0. The van der Waals surface area contributed by atoms with Gasteiger partial charge in [0.1, 0.15) is 11.4 Å². The lowest BCUT2D eigenvalue weighted by Crippen LogP contribution is -2.19. The van der Waals surface area contributed by atoms with Gasteiger partial charge in [-0.3, -0.25) is 4.79 Å². The van der Waals surface area contributed by atoms with Gasteiger partial charge >= 0.3 is 0 Å². The number of hydrazone groups is 1. The van der Waals surface area contributed by atoms with E-state index in [0.29, 0.717) is 27.8 Å². The standard InChI is InChI=1S/C19H21N5O2.H3N/c20-17-14(18(21)24-22)9-13-16(25)12-8-11(10-4-2-1-3-5-10)6-7-15(12)26-19(13)23-17;/h6-10H,1-5,22H2,(H2,20,23)(H2,21,24);1H3. The number of nitrogen functional groups attached to an aromatic ring is 1. The Morgan fingerprint density at radius 1 is 1.15 bits per heavy atom. The Morgan fingerprint density at radius 2 is 1.89 bits per heavy atom. The van der Waals surface area contributed by atoms with E-state index in [1.165, 1.54) is 24.8 Å². The molecule has 3 aromatic rings. The molecule has 0 spiro atoms. The van der Waals surface area contributed by atoms with Crippen LogP contribution in [0.15, 0.2) is 38.6 Å². The summed E-state index contributed by atoms with van der Waals surface area (Å²) in [5, 5.41) is 4.29. The number of pyridine rings is 1.